The van der Waals surface area contributed by atoms with Crippen LogP contribution in [0.5, 0.6) is 0 Å². The van der Waals surface area contributed by atoms with Crippen molar-refractivity contribution in [2.45, 2.75) is 4.21 Å². The molecule has 17 heavy (non-hydrogen) atoms. The van der Waals surface area contributed by atoms with Crippen molar-refractivity contribution in [1.82, 2.24) is 4.31 Å². The van der Waals surface area contributed by atoms with E-state index in [9.17, 15) is 13.2 Å². The van der Waals surface area contributed by atoms with Gasteiger partial charge in [-0.2, -0.15) is 9.57 Å². The van der Waals surface area contributed by atoms with Crippen LogP contribution in [-0.4, -0.2) is 39.4 Å². The molecule has 0 saturated heterocycles. The summed E-state index contributed by atoms with van der Waals surface area (Å²) in [6.45, 7) is -0.362. The van der Waals surface area contributed by atoms with Gasteiger partial charge >= 0.3 is 5.97 Å². The Morgan fingerprint density at radius 3 is 2.71 bits per heavy atom. The van der Waals surface area contributed by atoms with Gasteiger partial charge in [-0.1, -0.05) is 0 Å². The number of carbonyl (C=O) groups excluding carboxylic acids is 1. The number of methoxy groups -OCH3 is 1. The molecule has 0 aliphatic heterocycles. The second kappa shape index (κ2) is 5.27. The Bertz CT molecular complexity index is 556. The summed E-state index contributed by atoms with van der Waals surface area (Å²) in [6, 6.07) is 4.61. The number of sulfonamides is 1. The van der Waals surface area contributed by atoms with Crippen LogP contribution >= 0.6 is 11.3 Å². The number of ether oxygens (including phenoxy) is 1. The fourth-order valence-corrected chi connectivity index (χ4v) is 3.43. The highest BCUT2D eigenvalue weighted by Gasteiger charge is 2.24. The molecule has 0 unspecified atom stereocenters. The minimum Gasteiger partial charge on any atom is -0.468 e. The molecule has 0 amide bonds. The first kappa shape index (κ1) is 13.6. The first-order chi connectivity index (χ1) is 7.91. The minimum atomic E-state index is -3.73. The van der Waals surface area contributed by atoms with Gasteiger partial charge in [0, 0.05) is 7.05 Å². The highest BCUT2D eigenvalue weighted by molar-refractivity contribution is 7.91. The van der Waals surface area contributed by atoms with Crippen LogP contribution < -0.4 is 0 Å². The first-order valence-electron chi connectivity index (χ1n) is 4.45. The third-order valence-corrected chi connectivity index (χ3v) is 5.20. The molecular weight excluding hydrogens is 264 g/mol. The number of likely N-dealkylation sites (N-methyl/N-ethyl adjacent to an activating group) is 1. The monoisotopic (exact) mass is 274 g/mol. The lowest BCUT2D eigenvalue weighted by atomic mass is 10.5. The molecule has 1 heterocycles. The molecular formula is C9H10N2O4S2. The average molecular weight is 274 g/mol. The maximum Gasteiger partial charge on any atom is 0.321 e. The Balaban J connectivity index is 2.95. The number of rotatable bonds is 4. The lowest BCUT2D eigenvalue weighted by Crippen LogP contribution is -2.32. The summed E-state index contributed by atoms with van der Waals surface area (Å²) in [5, 5.41) is 8.62. The maximum absolute atomic E-state index is 11.9. The molecule has 0 aromatic carbocycles. The number of hydrogen-bond acceptors (Lipinski definition) is 6. The predicted molar refractivity (Wildman–Crippen MR) is 60.9 cm³/mol. The average Bonchev–Trinajstić information content (AvgIpc) is 2.77. The van der Waals surface area contributed by atoms with Crippen molar-refractivity contribution < 1.29 is 17.9 Å². The zero-order valence-corrected chi connectivity index (χ0v) is 10.8. The molecule has 0 saturated carbocycles. The predicted octanol–water partition coefficient (Wildman–Crippen LogP) is 0.413. The van der Waals surface area contributed by atoms with E-state index in [0.717, 1.165) is 15.6 Å². The lowest BCUT2D eigenvalue weighted by molar-refractivity contribution is -0.140. The molecule has 1 aromatic rings. The van der Waals surface area contributed by atoms with Gasteiger partial charge in [0.2, 0.25) is 0 Å². The van der Waals surface area contributed by atoms with Crippen LogP contribution in [0.3, 0.4) is 0 Å². The molecule has 6 nitrogen and oxygen atoms in total. The van der Waals surface area contributed by atoms with E-state index in [-0.39, 0.29) is 10.8 Å². The van der Waals surface area contributed by atoms with E-state index >= 15 is 0 Å². The van der Waals surface area contributed by atoms with Gasteiger partial charge in [0.15, 0.2) is 0 Å². The molecule has 0 radical (unpaired) electrons. The van der Waals surface area contributed by atoms with Crippen LogP contribution in [0, 0.1) is 11.3 Å². The van der Waals surface area contributed by atoms with E-state index in [1.54, 1.807) is 0 Å². The first-order valence-corrected chi connectivity index (χ1v) is 6.70. The molecule has 8 heteroatoms. The molecule has 1 aromatic heterocycles. The van der Waals surface area contributed by atoms with Crippen LogP contribution in [0.4, 0.5) is 0 Å². The van der Waals surface area contributed by atoms with Crippen molar-refractivity contribution in [3.8, 4) is 6.07 Å². The summed E-state index contributed by atoms with van der Waals surface area (Å²) in [7, 11) is -1.28. The molecule has 0 bridgehead atoms. The Morgan fingerprint density at radius 2 is 2.24 bits per heavy atom. The summed E-state index contributed by atoms with van der Waals surface area (Å²) in [5.41, 5.74) is 0. The van der Waals surface area contributed by atoms with Gasteiger partial charge in [-0.05, 0) is 12.1 Å². The summed E-state index contributed by atoms with van der Waals surface area (Å²) in [4.78, 5) is 11.3. The van der Waals surface area contributed by atoms with Gasteiger partial charge in [-0.25, -0.2) is 8.42 Å². The molecule has 0 N–H and O–H groups in total. The van der Waals surface area contributed by atoms with Crippen molar-refractivity contribution in [2.75, 3.05) is 20.7 Å². The number of nitriles is 1. The SMILES string of the molecule is COC(=O)CN(C)S(=O)(=O)c1ccc(C#N)s1. The van der Waals surface area contributed by atoms with Crippen LogP contribution in [0.15, 0.2) is 16.3 Å². The van der Waals surface area contributed by atoms with Crippen LogP contribution in [0.25, 0.3) is 0 Å². The van der Waals surface area contributed by atoms with Crippen LogP contribution in [0.2, 0.25) is 0 Å². The lowest BCUT2D eigenvalue weighted by Gasteiger charge is -2.13. The topological polar surface area (TPSA) is 87.5 Å². The number of thiophene rings is 1. The normalized spacial score (nSPS) is 11.2. The van der Waals surface area contributed by atoms with Crippen LogP contribution in [0.1, 0.15) is 4.88 Å². The number of carbonyl (C=O) groups is 1. The van der Waals surface area contributed by atoms with E-state index < -0.39 is 16.0 Å². The number of esters is 1. The number of hydrogen-bond donors (Lipinski definition) is 0. The molecule has 92 valence electrons. The van der Waals surface area contributed by atoms with Gasteiger partial charge in [0.25, 0.3) is 10.0 Å². The van der Waals surface area contributed by atoms with Crippen molar-refractivity contribution in [3.05, 3.63) is 17.0 Å². The Kier molecular flexibility index (Phi) is 4.22. The van der Waals surface area contributed by atoms with Crippen molar-refractivity contribution in [2.24, 2.45) is 0 Å². The molecule has 0 spiro atoms. The minimum absolute atomic E-state index is 0.0282. The van der Waals surface area contributed by atoms with E-state index in [1.165, 1.54) is 26.3 Å². The third kappa shape index (κ3) is 3.03. The zero-order chi connectivity index (χ0) is 13.1. The van der Waals surface area contributed by atoms with Crippen molar-refractivity contribution >= 4 is 27.3 Å². The third-order valence-electron chi connectivity index (χ3n) is 1.94. The van der Waals surface area contributed by atoms with E-state index in [4.69, 9.17) is 5.26 Å². The van der Waals surface area contributed by atoms with E-state index in [2.05, 4.69) is 4.74 Å². The van der Waals surface area contributed by atoms with Gasteiger partial charge in [-0.15, -0.1) is 11.3 Å². The quantitative estimate of drug-likeness (QED) is 0.742. The molecule has 0 fully saturated rings. The summed E-state index contributed by atoms with van der Waals surface area (Å²) in [5.74, 6) is -0.645. The van der Waals surface area contributed by atoms with Gasteiger partial charge in [0.05, 0.1) is 7.11 Å². The summed E-state index contributed by atoms with van der Waals surface area (Å²) < 4.78 is 29.2. The van der Waals surface area contributed by atoms with Gasteiger partial charge in [0.1, 0.15) is 21.7 Å². The standard InChI is InChI=1S/C9H10N2O4S2/c1-11(6-8(12)15-2)17(13,14)9-4-3-7(5-10)16-9/h3-4H,6H2,1-2H3. The fourth-order valence-electron chi connectivity index (χ4n) is 1.00. The highest BCUT2D eigenvalue weighted by Crippen LogP contribution is 2.23. The molecule has 1 rings (SSSR count). The van der Waals surface area contributed by atoms with Crippen LogP contribution in [-0.2, 0) is 19.6 Å². The molecule has 0 atom stereocenters. The second-order valence-electron chi connectivity index (χ2n) is 3.07. The number of nitrogens with zero attached hydrogens (tertiary/aromatic N) is 2. The second-order valence-corrected chi connectivity index (χ2v) is 6.42. The largest absolute Gasteiger partial charge is 0.468 e. The Labute approximate surface area is 103 Å². The zero-order valence-electron chi connectivity index (χ0n) is 9.21. The smallest absolute Gasteiger partial charge is 0.321 e. The fraction of sp³-hybridized carbons (Fsp3) is 0.333. The van der Waals surface area contributed by atoms with Crippen molar-refractivity contribution in [3.63, 3.8) is 0 Å². The van der Waals surface area contributed by atoms with Crippen molar-refractivity contribution in [1.29, 1.82) is 5.26 Å². The Hall–Kier alpha value is -1.43. The summed E-state index contributed by atoms with van der Waals surface area (Å²) in [6.07, 6.45) is 0. The molecule has 0 aliphatic rings. The maximum atomic E-state index is 11.9. The van der Waals surface area contributed by atoms with Gasteiger partial charge in [-0.3, -0.25) is 4.79 Å². The van der Waals surface area contributed by atoms with E-state index in [1.807, 2.05) is 6.07 Å². The summed E-state index contributed by atoms with van der Waals surface area (Å²) >= 11 is 0.860. The van der Waals surface area contributed by atoms with E-state index in [0.29, 0.717) is 4.88 Å². The Morgan fingerprint density at radius 1 is 1.59 bits per heavy atom. The van der Waals surface area contributed by atoms with Gasteiger partial charge < -0.3 is 4.74 Å². The molecule has 0 aliphatic carbocycles. The highest BCUT2D eigenvalue weighted by atomic mass is 32.2.